The van der Waals surface area contributed by atoms with Crippen LogP contribution < -0.4 is 0 Å². The van der Waals surface area contributed by atoms with Gasteiger partial charge in [-0.1, -0.05) is 43.3 Å². The van der Waals surface area contributed by atoms with Crippen LogP contribution >= 0.6 is 0 Å². The van der Waals surface area contributed by atoms with Crippen molar-refractivity contribution in [3.05, 3.63) is 65.5 Å². The van der Waals surface area contributed by atoms with Crippen LogP contribution in [0.1, 0.15) is 18.1 Å². The monoisotopic (exact) mass is 357 g/mol. The Balaban J connectivity index is 1.71. The van der Waals surface area contributed by atoms with Gasteiger partial charge in [0, 0.05) is 5.92 Å². The molecule has 2 atom stereocenters. The van der Waals surface area contributed by atoms with Crippen molar-refractivity contribution >= 4 is 12.0 Å². The second kappa shape index (κ2) is 7.56. The van der Waals surface area contributed by atoms with Gasteiger partial charge in [-0.25, -0.2) is 14.1 Å². The molecule has 0 saturated carbocycles. The maximum atomic E-state index is 13.5. The summed E-state index contributed by atoms with van der Waals surface area (Å²) in [7, 11) is 0. The predicted molar refractivity (Wildman–Crippen MR) is 93.1 cm³/mol. The topological polar surface area (TPSA) is 66.8 Å². The summed E-state index contributed by atoms with van der Waals surface area (Å²) >= 11 is 0. The number of phenolic OH excluding ortho intramolecular Hbond substituents is 1. The standard InChI is InChI=1S/C20H20FNO4/c1-13(9-15-7-8-18(23)17(21)11-15)19(24)22-16(12-26-20(22)25)10-14-5-3-2-4-6-14/h2-8,11,13,16,23H,9-10,12H2,1H3. The molecule has 2 unspecified atom stereocenters. The van der Waals surface area contributed by atoms with Gasteiger partial charge in [0.15, 0.2) is 11.6 Å². The molecular weight excluding hydrogens is 337 g/mol. The Kier molecular flexibility index (Phi) is 5.21. The number of aromatic hydroxyl groups is 1. The third-order valence-corrected chi connectivity index (χ3v) is 4.49. The summed E-state index contributed by atoms with van der Waals surface area (Å²) in [6, 6.07) is 13.3. The van der Waals surface area contributed by atoms with Crippen LogP contribution in [-0.2, 0) is 22.4 Å². The number of carbonyl (C=O) groups is 2. The Morgan fingerprint density at radius 1 is 1.27 bits per heavy atom. The molecule has 136 valence electrons. The maximum absolute atomic E-state index is 13.5. The van der Waals surface area contributed by atoms with Gasteiger partial charge in [0.05, 0.1) is 6.04 Å². The van der Waals surface area contributed by atoms with Crippen LogP contribution in [0.15, 0.2) is 48.5 Å². The second-order valence-corrected chi connectivity index (χ2v) is 6.52. The van der Waals surface area contributed by atoms with Gasteiger partial charge in [0.2, 0.25) is 5.91 Å². The van der Waals surface area contributed by atoms with E-state index >= 15 is 0 Å². The minimum atomic E-state index is -0.732. The van der Waals surface area contributed by atoms with E-state index in [4.69, 9.17) is 4.74 Å². The third-order valence-electron chi connectivity index (χ3n) is 4.49. The van der Waals surface area contributed by atoms with Crippen molar-refractivity contribution < 1.29 is 23.8 Å². The molecular formula is C20H20FNO4. The second-order valence-electron chi connectivity index (χ2n) is 6.52. The summed E-state index contributed by atoms with van der Waals surface area (Å²) in [5.41, 5.74) is 1.59. The minimum Gasteiger partial charge on any atom is -0.505 e. The van der Waals surface area contributed by atoms with Gasteiger partial charge in [0.25, 0.3) is 0 Å². The van der Waals surface area contributed by atoms with E-state index in [0.717, 1.165) is 5.56 Å². The first-order valence-electron chi connectivity index (χ1n) is 8.47. The first kappa shape index (κ1) is 17.9. The van der Waals surface area contributed by atoms with E-state index in [2.05, 4.69) is 0 Å². The van der Waals surface area contributed by atoms with E-state index in [1.807, 2.05) is 30.3 Å². The number of benzene rings is 2. The van der Waals surface area contributed by atoms with Gasteiger partial charge in [-0.05, 0) is 36.1 Å². The van der Waals surface area contributed by atoms with Gasteiger partial charge < -0.3 is 9.84 Å². The highest BCUT2D eigenvalue weighted by atomic mass is 19.1. The number of cyclic esters (lactones) is 1. The number of imide groups is 1. The fraction of sp³-hybridized carbons (Fsp3) is 0.300. The Morgan fingerprint density at radius 2 is 2.00 bits per heavy atom. The first-order valence-corrected chi connectivity index (χ1v) is 8.47. The molecule has 1 aliphatic rings. The van der Waals surface area contributed by atoms with Gasteiger partial charge in [-0.2, -0.15) is 0 Å². The molecule has 5 nitrogen and oxygen atoms in total. The summed E-state index contributed by atoms with van der Waals surface area (Å²) in [6.07, 6.45) is 0.149. The molecule has 0 spiro atoms. The van der Waals surface area contributed by atoms with Crippen LogP contribution in [-0.4, -0.2) is 34.7 Å². The zero-order valence-electron chi connectivity index (χ0n) is 14.4. The zero-order chi connectivity index (χ0) is 18.7. The van der Waals surface area contributed by atoms with Crippen LogP contribution in [0.4, 0.5) is 9.18 Å². The van der Waals surface area contributed by atoms with E-state index in [9.17, 15) is 19.1 Å². The summed E-state index contributed by atoms with van der Waals surface area (Å²) in [6.45, 7) is 1.86. The highest BCUT2D eigenvalue weighted by molar-refractivity contribution is 5.94. The summed E-state index contributed by atoms with van der Waals surface area (Å²) in [5.74, 6) is -2.03. The number of halogens is 1. The summed E-state index contributed by atoms with van der Waals surface area (Å²) in [4.78, 5) is 26.0. The fourth-order valence-corrected chi connectivity index (χ4v) is 3.12. The average molecular weight is 357 g/mol. The molecule has 2 amide bonds. The summed E-state index contributed by atoms with van der Waals surface area (Å²) < 4.78 is 18.6. The molecule has 1 heterocycles. The van der Waals surface area contributed by atoms with Gasteiger partial charge >= 0.3 is 6.09 Å². The minimum absolute atomic E-state index is 0.167. The molecule has 1 N–H and O–H groups in total. The molecule has 2 aromatic carbocycles. The quantitative estimate of drug-likeness (QED) is 0.892. The van der Waals surface area contributed by atoms with Crippen molar-refractivity contribution in [3.63, 3.8) is 0 Å². The van der Waals surface area contributed by atoms with Crippen molar-refractivity contribution in [1.82, 2.24) is 4.90 Å². The molecule has 0 bridgehead atoms. The Bertz CT molecular complexity index is 809. The normalized spacial score (nSPS) is 17.8. The van der Waals surface area contributed by atoms with Crippen LogP contribution in [0, 0.1) is 11.7 Å². The number of rotatable bonds is 5. The third kappa shape index (κ3) is 3.85. The SMILES string of the molecule is CC(Cc1ccc(O)c(F)c1)C(=O)N1C(=O)OCC1Cc1ccccc1. The Hall–Kier alpha value is -2.89. The number of hydrogen-bond acceptors (Lipinski definition) is 4. The lowest BCUT2D eigenvalue weighted by molar-refractivity contribution is -0.132. The smallest absolute Gasteiger partial charge is 0.416 e. The lowest BCUT2D eigenvalue weighted by atomic mass is 9.98. The molecule has 1 fully saturated rings. The molecule has 2 aromatic rings. The number of amides is 2. The van der Waals surface area contributed by atoms with Crippen LogP contribution in [0.5, 0.6) is 5.75 Å². The predicted octanol–water partition coefficient (Wildman–Crippen LogP) is 3.30. The van der Waals surface area contributed by atoms with Gasteiger partial charge in [-0.15, -0.1) is 0 Å². The zero-order valence-corrected chi connectivity index (χ0v) is 14.4. The number of carbonyl (C=O) groups excluding carboxylic acids is 2. The van der Waals surface area contributed by atoms with Crippen molar-refractivity contribution in [2.24, 2.45) is 5.92 Å². The summed E-state index contributed by atoms with van der Waals surface area (Å²) in [5, 5.41) is 9.26. The number of nitrogens with zero attached hydrogens (tertiary/aromatic N) is 1. The van der Waals surface area contributed by atoms with E-state index < -0.39 is 23.6 Å². The van der Waals surface area contributed by atoms with Crippen molar-refractivity contribution in [1.29, 1.82) is 0 Å². The molecule has 1 saturated heterocycles. The Labute approximate surface area is 151 Å². The van der Waals surface area contributed by atoms with Gasteiger partial charge in [0.1, 0.15) is 6.61 Å². The van der Waals surface area contributed by atoms with Crippen molar-refractivity contribution in [2.45, 2.75) is 25.8 Å². The molecule has 0 aliphatic carbocycles. The lowest BCUT2D eigenvalue weighted by Crippen LogP contribution is -2.43. The molecule has 6 heteroatoms. The van der Waals surface area contributed by atoms with Crippen molar-refractivity contribution in [2.75, 3.05) is 6.61 Å². The number of phenols is 1. The van der Waals surface area contributed by atoms with Crippen LogP contribution in [0.2, 0.25) is 0 Å². The van der Waals surface area contributed by atoms with Crippen molar-refractivity contribution in [3.8, 4) is 5.75 Å². The molecule has 3 rings (SSSR count). The molecule has 0 aromatic heterocycles. The van der Waals surface area contributed by atoms with Gasteiger partial charge in [-0.3, -0.25) is 4.79 Å². The lowest BCUT2D eigenvalue weighted by Gasteiger charge is -2.23. The van der Waals surface area contributed by atoms with E-state index in [0.29, 0.717) is 12.0 Å². The molecule has 26 heavy (non-hydrogen) atoms. The highest BCUT2D eigenvalue weighted by Gasteiger charge is 2.39. The van der Waals surface area contributed by atoms with Crippen LogP contribution in [0.3, 0.4) is 0 Å². The largest absolute Gasteiger partial charge is 0.505 e. The molecule has 0 radical (unpaired) electrons. The van der Waals surface area contributed by atoms with E-state index in [1.165, 1.54) is 17.0 Å². The highest BCUT2D eigenvalue weighted by Crippen LogP contribution is 2.23. The Morgan fingerprint density at radius 3 is 2.69 bits per heavy atom. The average Bonchev–Trinajstić information content (AvgIpc) is 2.98. The number of ether oxygens (including phenoxy) is 1. The molecule has 1 aliphatic heterocycles. The van der Waals surface area contributed by atoms with E-state index in [1.54, 1.807) is 13.0 Å². The number of hydrogen-bond donors (Lipinski definition) is 1. The fourth-order valence-electron chi connectivity index (χ4n) is 3.12. The maximum Gasteiger partial charge on any atom is 0.416 e. The van der Waals surface area contributed by atoms with Crippen LogP contribution in [0.25, 0.3) is 0 Å². The van der Waals surface area contributed by atoms with E-state index in [-0.39, 0.29) is 25.0 Å². The first-order chi connectivity index (χ1) is 12.5.